The van der Waals surface area contributed by atoms with Crippen LogP contribution in [0.15, 0.2) is 30.5 Å². The number of nitrogen functional groups attached to an aromatic ring is 1. The first-order valence-electron chi connectivity index (χ1n) is 5.54. The zero-order valence-corrected chi connectivity index (χ0v) is 11.4. The molecule has 0 aliphatic carbocycles. The maximum absolute atomic E-state index is 6.05. The van der Waals surface area contributed by atoms with Gasteiger partial charge in [0.25, 0.3) is 0 Å². The summed E-state index contributed by atoms with van der Waals surface area (Å²) in [4.78, 5) is 3.93. The molecular weight excluding hydrogens is 266 g/mol. The van der Waals surface area contributed by atoms with Gasteiger partial charge in [-0.15, -0.1) is 0 Å². The molecule has 1 aromatic heterocycles. The first kappa shape index (κ1) is 13.3. The lowest BCUT2D eigenvalue weighted by Crippen LogP contribution is -1.98. The van der Waals surface area contributed by atoms with E-state index < -0.39 is 0 Å². The van der Waals surface area contributed by atoms with Crippen LogP contribution >= 0.6 is 11.6 Å². The van der Waals surface area contributed by atoms with Gasteiger partial charge in [-0.25, -0.2) is 4.98 Å². The van der Waals surface area contributed by atoms with Crippen molar-refractivity contribution in [1.29, 1.82) is 0 Å². The smallest absolute Gasteiger partial charge is 0.144 e. The third kappa shape index (κ3) is 3.00. The van der Waals surface area contributed by atoms with Gasteiger partial charge in [-0.1, -0.05) is 11.6 Å². The highest BCUT2D eigenvalue weighted by Gasteiger charge is 2.10. The summed E-state index contributed by atoms with van der Waals surface area (Å²) in [5, 5.41) is 3.67. The largest absolute Gasteiger partial charge is 0.495 e. The number of nitrogens with two attached hydrogens (primary N) is 1. The van der Waals surface area contributed by atoms with Gasteiger partial charge in [-0.2, -0.15) is 0 Å². The third-order valence-corrected chi connectivity index (χ3v) is 2.83. The van der Waals surface area contributed by atoms with E-state index in [1.54, 1.807) is 44.7 Å². The van der Waals surface area contributed by atoms with Gasteiger partial charge in [0.2, 0.25) is 0 Å². The zero-order chi connectivity index (χ0) is 13.8. The maximum atomic E-state index is 6.05. The lowest BCUT2D eigenvalue weighted by atomic mass is 10.2. The Balaban J connectivity index is 2.38. The van der Waals surface area contributed by atoms with E-state index in [0.29, 0.717) is 22.3 Å². The topological polar surface area (TPSA) is 69.4 Å². The Morgan fingerprint density at radius 1 is 1.16 bits per heavy atom. The van der Waals surface area contributed by atoms with E-state index >= 15 is 0 Å². The van der Waals surface area contributed by atoms with Crippen molar-refractivity contribution in [3.05, 3.63) is 35.5 Å². The molecule has 0 saturated heterocycles. The quantitative estimate of drug-likeness (QED) is 0.900. The first-order chi connectivity index (χ1) is 9.13. The molecule has 5 nitrogen and oxygen atoms in total. The fourth-order valence-corrected chi connectivity index (χ4v) is 1.87. The number of anilines is 3. The lowest BCUT2D eigenvalue weighted by molar-refractivity contribution is 0.405. The highest BCUT2D eigenvalue weighted by Crippen LogP contribution is 2.37. The number of methoxy groups -OCH3 is 2. The summed E-state index contributed by atoms with van der Waals surface area (Å²) in [6, 6.07) is 6.97. The van der Waals surface area contributed by atoms with Crippen molar-refractivity contribution < 1.29 is 9.47 Å². The van der Waals surface area contributed by atoms with Crippen molar-refractivity contribution >= 4 is 28.8 Å². The second-order valence-electron chi connectivity index (χ2n) is 3.78. The molecule has 0 bridgehead atoms. The van der Waals surface area contributed by atoms with E-state index in [2.05, 4.69) is 10.3 Å². The van der Waals surface area contributed by atoms with Crippen LogP contribution in [0, 0.1) is 0 Å². The Kier molecular flexibility index (Phi) is 3.97. The number of nitrogens with zero attached hydrogens (tertiary/aromatic N) is 1. The van der Waals surface area contributed by atoms with Crippen LogP contribution < -0.4 is 20.5 Å². The average Bonchev–Trinajstić information content (AvgIpc) is 2.40. The van der Waals surface area contributed by atoms with Crippen LogP contribution in [0.4, 0.5) is 17.2 Å². The van der Waals surface area contributed by atoms with Crippen molar-refractivity contribution in [2.75, 3.05) is 25.3 Å². The highest BCUT2D eigenvalue weighted by atomic mass is 35.5. The Bertz CT molecular complexity index is 590. The summed E-state index contributed by atoms with van der Waals surface area (Å²) >= 11 is 6.05. The van der Waals surface area contributed by atoms with Crippen LogP contribution in [0.3, 0.4) is 0 Å². The highest BCUT2D eigenvalue weighted by molar-refractivity contribution is 6.32. The molecule has 0 spiro atoms. The standard InChI is InChI=1S/C13H14ClN3O2/c1-18-11-7-10(12(19-2)6-9(11)14)17-8-3-4-16-13(15)5-8/h3-7H,1-2H3,(H3,15,16,17). The molecule has 2 aromatic rings. The molecule has 19 heavy (non-hydrogen) atoms. The van der Waals surface area contributed by atoms with E-state index in [1.807, 2.05) is 0 Å². The summed E-state index contributed by atoms with van der Waals surface area (Å²) < 4.78 is 10.5. The van der Waals surface area contributed by atoms with Crippen molar-refractivity contribution in [3.8, 4) is 11.5 Å². The van der Waals surface area contributed by atoms with Gasteiger partial charge in [-0.3, -0.25) is 0 Å². The van der Waals surface area contributed by atoms with Gasteiger partial charge in [0, 0.05) is 30.1 Å². The van der Waals surface area contributed by atoms with Crippen LogP contribution in [0.5, 0.6) is 11.5 Å². The van der Waals surface area contributed by atoms with Gasteiger partial charge in [0.05, 0.1) is 24.9 Å². The summed E-state index contributed by atoms with van der Waals surface area (Å²) in [6.07, 6.45) is 1.62. The molecular formula is C13H14ClN3O2. The van der Waals surface area contributed by atoms with E-state index in [1.165, 1.54) is 0 Å². The van der Waals surface area contributed by atoms with Crippen molar-refractivity contribution in [3.63, 3.8) is 0 Å². The average molecular weight is 280 g/mol. The monoisotopic (exact) mass is 279 g/mol. The van der Waals surface area contributed by atoms with E-state index in [0.717, 1.165) is 11.4 Å². The second kappa shape index (κ2) is 5.67. The number of halogens is 1. The van der Waals surface area contributed by atoms with Gasteiger partial charge in [-0.05, 0) is 6.07 Å². The molecule has 6 heteroatoms. The molecule has 3 N–H and O–H groups in total. The van der Waals surface area contributed by atoms with Crippen LogP contribution in [0.25, 0.3) is 0 Å². The predicted molar refractivity (Wildman–Crippen MR) is 76.5 cm³/mol. The molecule has 0 aliphatic heterocycles. The van der Waals surface area contributed by atoms with Crippen molar-refractivity contribution in [2.24, 2.45) is 0 Å². The van der Waals surface area contributed by atoms with Crippen LogP contribution in [-0.2, 0) is 0 Å². The SMILES string of the molecule is COc1cc(Nc2ccnc(N)c2)c(OC)cc1Cl. The number of rotatable bonds is 4. The number of hydrogen-bond acceptors (Lipinski definition) is 5. The Hall–Kier alpha value is -2.14. The number of nitrogens with one attached hydrogen (secondary N) is 1. The first-order valence-corrected chi connectivity index (χ1v) is 5.92. The van der Waals surface area contributed by atoms with Gasteiger partial charge < -0.3 is 20.5 Å². The Labute approximate surface area is 116 Å². The number of hydrogen-bond donors (Lipinski definition) is 2. The number of pyridine rings is 1. The molecule has 1 aromatic carbocycles. The maximum Gasteiger partial charge on any atom is 0.144 e. The molecule has 100 valence electrons. The van der Waals surface area contributed by atoms with Crippen LogP contribution in [0.2, 0.25) is 5.02 Å². The summed E-state index contributed by atoms with van der Waals surface area (Å²) in [7, 11) is 3.13. The minimum absolute atomic E-state index is 0.435. The Morgan fingerprint density at radius 2 is 1.89 bits per heavy atom. The zero-order valence-electron chi connectivity index (χ0n) is 10.6. The fraction of sp³-hybridized carbons (Fsp3) is 0.154. The molecule has 0 atom stereocenters. The fourth-order valence-electron chi connectivity index (χ4n) is 1.64. The third-order valence-electron chi connectivity index (χ3n) is 2.53. The number of benzene rings is 1. The normalized spacial score (nSPS) is 10.1. The van der Waals surface area contributed by atoms with Crippen LogP contribution in [0.1, 0.15) is 0 Å². The minimum Gasteiger partial charge on any atom is -0.495 e. The molecule has 2 rings (SSSR count). The molecule has 0 saturated carbocycles. The van der Waals surface area contributed by atoms with Gasteiger partial charge in [0.1, 0.15) is 17.3 Å². The summed E-state index contributed by atoms with van der Waals surface area (Å²) in [5.41, 5.74) is 7.17. The van der Waals surface area contributed by atoms with E-state index in [9.17, 15) is 0 Å². The predicted octanol–water partition coefficient (Wildman–Crippen LogP) is 3.08. The molecule has 0 aliphatic rings. The molecule has 0 fully saturated rings. The number of ether oxygens (including phenoxy) is 2. The number of aromatic nitrogens is 1. The molecule has 0 amide bonds. The van der Waals surface area contributed by atoms with Crippen LogP contribution in [-0.4, -0.2) is 19.2 Å². The van der Waals surface area contributed by atoms with E-state index in [4.69, 9.17) is 26.8 Å². The lowest BCUT2D eigenvalue weighted by Gasteiger charge is -2.14. The molecule has 0 radical (unpaired) electrons. The molecule has 1 heterocycles. The second-order valence-corrected chi connectivity index (χ2v) is 4.19. The van der Waals surface area contributed by atoms with Gasteiger partial charge >= 0.3 is 0 Å². The van der Waals surface area contributed by atoms with Gasteiger partial charge in [0.15, 0.2) is 0 Å². The van der Waals surface area contributed by atoms with Crippen molar-refractivity contribution in [1.82, 2.24) is 4.98 Å². The molecule has 0 unspecified atom stereocenters. The Morgan fingerprint density at radius 3 is 2.53 bits per heavy atom. The minimum atomic E-state index is 0.435. The summed E-state index contributed by atoms with van der Waals surface area (Å²) in [6.45, 7) is 0. The summed E-state index contributed by atoms with van der Waals surface area (Å²) in [5.74, 6) is 1.61. The van der Waals surface area contributed by atoms with Crippen molar-refractivity contribution in [2.45, 2.75) is 0 Å². The van der Waals surface area contributed by atoms with E-state index in [-0.39, 0.29) is 0 Å².